The Morgan fingerprint density at radius 2 is 1.52 bits per heavy atom. The van der Waals surface area contributed by atoms with E-state index in [2.05, 4.69) is 5.32 Å². The van der Waals surface area contributed by atoms with Gasteiger partial charge in [-0.3, -0.25) is 9.48 Å². The summed E-state index contributed by atoms with van der Waals surface area (Å²) in [6, 6.07) is 25.0. The van der Waals surface area contributed by atoms with Crippen LogP contribution in [0.25, 0.3) is 11.3 Å². The molecular formula is C25H23N3O3. The monoisotopic (exact) mass is 413 g/mol. The number of carbonyl (C=O) groups excluding carboxylic acids is 1. The van der Waals surface area contributed by atoms with Crippen LogP contribution in [0.15, 0.2) is 85.1 Å². The second kappa shape index (κ2) is 9.17. The van der Waals surface area contributed by atoms with E-state index in [0.717, 1.165) is 11.1 Å². The maximum Gasteiger partial charge on any atom is 0.259 e. The topological polar surface area (TPSA) is 65.4 Å². The van der Waals surface area contributed by atoms with E-state index >= 15 is 0 Å². The summed E-state index contributed by atoms with van der Waals surface area (Å²) in [4.78, 5) is 13.2. The van der Waals surface area contributed by atoms with Crippen molar-refractivity contribution in [2.24, 2.45) is 0 Å². The van der Waals surface area contributed by atoms with Crippen LogP contribution in [-0.2, 0) is 6.54 Å². The lowest BCUT2D eigenvalue weighted by molar-refractivity contribution is 0.102. The molecule has 0 saturated heterocycles. The third-order valence-corrected chi connectivity index (χ3v) is 4.85. The standard InChI is InChI=1S/C25H23N3O3/c1-30-21-13-20(14-22(15-21)31-2)26-25(29)23-17-28(16-18-9-5-3-6-10-18)27-24(23)19-11-7-4-8-12-19/h3-15,17H,16H2,1-2H3,(H,26,29). The predicted molar refractivity (Wildman–Crippen MR) is 121 cm³/mol. The highest BCUT2D eigenvalue weighted by atomic mass is 16.5. The maximum atomic E-state index is 13.2. The molecule has 0 saturated carbocycles. The molecule has 31 heavy (non-hydrogen) atoms. The zero-order chi connectivity index (χ0) is 21.6. The Hall–Kier alpha value is -4.06. The smallest absolute Gasteiger partial charge is 0.259 e. The highest BCUT2D eigenvalue weighted by Gasteiger charge is 2.19. The predicted octanol–water partition coefficient (Wildman–Crippen LogP) is 4.87. The van der Waals surface area contributed by atoms with Crippen molar-refractivity contribution in [3.8, 4) is 22.8 Å². The molecule has 6 heteroatoms. The van der Waals surface area contributed by atoms with Crippen molar-refractivity contribution in [1.82, 2.24) is 9.78 Å². The Bertz CT molecular complexity index is 1150. The first kappa shape index (κ1) is 20.2. The van der Waals surface area contributed by atoms with Crippen LogP contribution in [0, 0.1) is 0 Å². The van der Waals surface area contributed by atoms with Crippen LogP contribution in [0.3, 0.4) is 0 Å². The van der Waals surface area contributed by atoms with Gasteiger partial charge >= 0.3 is 0 Å². The number of anilines is 1. The fraction of sp³-hybridized carbons (Fsp3) is 0.120. The van der Waals surface area contributed by atoms with Crippen LogP contribution in [0.4, 0.5) is 5.69 Å². The minimum atomic E-state index is -0.256. The summed E-state index contributed by atoms with van der Waals surface area (Å²) in [5.74, 6) is 0.934. The average Bonchev–Trinajstić information content (AvgIpc) is 3.24. The van der Waals surface area contributed by atoms with E-state index in [0.29, 0.717) is 35.0 Å². The van der Waals surface area contributed by atoms with Crippen LogP contribution in [0.2, 0.25) is 0 Å². The first-order valence-corrected chi connectivity index (χ1v) is 9.87. The van der Waals surface area contributed by atoms with Crippen LogP contribution in [-0.4, -0.2) is 29.9 Å². The molecule has 0 aliphatic carbocycles. The summed E-state index contributed by atoms with van der Waals surface area (Å²) in [7, 11) is 3.14. The molecule has 4 aromatic rings. The summed E-state index contributed by atoms with van der Waals surface area (Å²) in [5, 5.41) is 7.66. The van der Waals surface area contributed by atoms with Crippen molar-refractivity contribution < 1.29 is 14.3 Å². The van der Waals surface area contributed by atoms with Gasteiger partial charge in [-0.05, 0) is 5.56 Å². The fourth-order valence-electron chi connectivity index (χ4n) is 3.33. The number of carbonyl (C=O) groups is 1. The van der Waals surface area contributed by atoms with Gasteiger partial charge in [-0.15, -0.1) is 0 Å². The van der Waals surface area contributed by atoms with Gasteiger partial charge in [0.15, 0.2) is 0 Å². The molecule has 0 atom stereocenters. The van der Waals surface area contributed by atoms with Crippen molar-refractivity contribution in [3.63, 3.8) is 0 Å². The molecule has 0 aliphatic heterocycles. The minimum Gasteiger partial charge on any atom is -0.497 e. The number of hydrogen-bond acceptors (Lipinski definition) is 4. The molecule has 4 rings (SSSR count). The number of nitrogens with zero attached hydrogens (tertiary/aromatic N) is 2. The van der Waals surface area contributed by atoms with Crippen molar-refractivity contribution in [2.75, 3.05) is 19.5 Å². The van der Waals surface area contributed by atoms with Crippen molar-refractivity contribution >= 4 is 11.6 Å². The first-order valence-electron chi connectivity index (χ1n) is 9.87. The second-order valence-corrected chi connectivity index (χ2v) is 7.00. The molecule has 1 N–H and O–H groups in total. The zero-order valence-corrected chi connectivity index (χ0v) is 17.4. The number of rotatable bonds is 7. The fourth-order valence-corrected chi connectivity index (χ4v) is 3.33. The Kier molecular flexibility index (Phi) is 5.98. The van der Waals surface area contributed by atoms with Crippen LogP contribution in [0.5, 0.6) is 11.5 Å². The number of nitrogens with one attached hydrogen (secondary N) is 1. The molecule has 0 bridgehead atoms. The highest BCUT2D eigenvalue weighted by molar-refractivity contribution is 6.08. The summed E-state index contributed by atoms with van der Waals surface area (Å²) < 4.78 is 12.4. The third-order valence-electron chi connectivity index (χ3n) is 4.85. The van der Waals surface area contributed by atoms with Gasteiger partial charge in [0, 0.05) is 35.6 Å². The lowest BCUT2D eigenvalue weighted by atomic mass is 10.1. The number of ether oxygens (including phenoxy) is 2. The van der Waals surface area contributed by atoms with E-state index < -0.39 is 0 Å². The molecule has 156 valence electrons. The summed E-state index contributed by atoms with van der Waals surface area (Å²) in [5.41, 5.74) is 3.68. The first-order chi connectivity index (χ1) is 15.2. The molecule has 1 aromatic heterocycles. The van der Waals surface area contributed by atoms with E-state index in [4.69, 9.17) is 14.6 Å². The Balaban J connectivity index is 1.68. The quantitative estimate of drug-likeness (QED) is 0.470. The molecule has 1 heterocycles. The van der Waals surface area contributed by atoms with Crippen LogP contribution < -0.4 is 14.8 Å². The molecule has 0 aliphatic rings. The van der Waals surface area contributed by atoms with Gasteiger partial charge < -0.3 is 14.8 Å². The molecule has 0 spiro atoms. The molecule has 0 radical (unpaired) electrons. The maximum absolute atomic E-state index is 13.2. The summed E-state index contributed by atoms with van der Waals surface area (Å²) in [6.07, 6.45) is 1.78. The Morgan fingerprint density at radius 1 is 0.903 bits per heavy atom. The van der Waals surface area contributed by atoms with E-state index in [9.17, 15) is 4.79 Å². The molecule has 6 nitrogen and oxygen atoms in total. The van der Waals surface area contributed by atoms with Gasteiger partial charge in [-0.2, -0.15) is 5.10 Å². The molecule has 0 fully saturated rings. The average molecular weight is 413 g/mol. The summed E-state index contributed by atoms with van der Waals surface area (Å²) >= 11 is 0. The van der Waals surface area contributed by atoms with Crippen LogP contribution in [0.1, 0.15) is 15.9 Å². The molecular weight excluding hydrogens is 390 g/mol. The van der Waals surface area contributed by atoms with Gasteiger partial charge in [0.2, 0.25) is 0 Å². The van der Waals surface area contributed by atoms with Gasteiger partial charge in [-0.1, -0.05) is 60.7 Å². The molecule has 0 unspecified atom stereocenters. The van der Waals surface area contributed by atoms with Gasteiger partial charge in [0.05, 0.1) is 26.3 Å². The molecule has 3 aromatic carbocycles. The van der Waals surface area contributed by atoms with Crippen LogP contribution >= 0.6 is 0 Å². The molecule has 1 amide bonds. The third kappa shape index (κ3) is 4.75. The number of aromatic nitrogens is 2. The van der Waals surface area contributed by atoms with E-state index in [1.807, 2.05) is 60.7 Å². The minimum absolute atomic E-state index is 0.256. The lowest BCUT2D eigenvalue weighted by Gasteiger charge is -2.10. The number of amides is 1. The van der Waals surface area contributed by atoms with Gasteiger partial charge in [0.25, 0.3) is 5.91 Å². The van der Waals surface area contributed by atoms with Gasteiger partial charge in [-0.25, -0.2) is 0 Å². The number of benzene rings is 3. The van der Waals surface area contributed by atoms with E-state index in [-0.39, 0.29) is 5.91 Å². The number of hydrogen-bond donors (Lipinski definition) is 1. The Morgan fingerprint density at radius 3 is 2.13 bits per heavy atom. The largest absolute Gasteiger partial charge is 0.497 e. The Labute approximate surface area is 181 Å². The highest BCUT2D eigenvalue weighted by Crippen LogP contribution is 2.28. The lowest BCUT2D eigenvalue weighted by Crippen LogP contribution is -2.12. The second-order valence-electron chi connectivity index (χ2n) is 7.00. The van der Waals surface area contributed by atoms with Crippen molar-refractivity contribution in [3.05, 3.63) is 96.2 Å². The van der Waals surface area contributed by atoms with Gasteiger partial charge in [0.1, 0.15) is 17.2 Å². The SMILES string of the molecule is COc1cc(NC(=O)c2cn(Cc3ccccc3)nc2-c2ccccc2)cc(OC)c1. The van der Waals surface area contributed by atoms with Crippen molar-refractivity contribution in [2.45, 2.75) is 6.54 Å². The number of methoxy groups -OCH3 is 2. The van der Waals surface area contributed by atoms with Crippen molar-refractivity contribution in [1.29, 1.82) is 0 Å². The summed E-state index contributed by atoms with van der Waals surface area (Å²) in [6.45, 7) is 0.570. The normalized spacial score (nSPS) is 10.5. The van der Waals surface area contributed by atoms with E-state index in [1.54, 1.807) is 43.3 Å². The van der Waals surface area contributed by atoms with E-state index in [1.165, 1.54) is 0 Å². The zero-order valence-electron chi connectivity index (χ0n) is 17.4.